The van der Waals surface area contributed by atoms with Crippen molar-refractivity contribution in [2.75, 3.05) is 19.8 Å². The molecule has 0 aromatic rings. The highest BCUT2D eigenvalue weighted by Gasteiger charge is 2.50. The Morgan fingerprint density at radius 3 is 2.45 bits per heavy atom. The summed E-state index contributed by atoms with van der Waals surface area (Å²) in [5.41, 5.74) is -0.468. The molecule has 4 unspecified atom stereocenters. The molecule has 3 nitrogen and oxygen atoms in total. The highest BCUT2D eigenvalue weighted by molar-refractivity contribution is 5.00. The van der Waals surface area contributed by atoms with E-state index in [-0.39, 0.29) is 5.60 Å². The van der Waals surface area contributed by atoms with Gasteiger partial charge in [0.25, 0.3) is 0 Å². The third-order valence-corrected chi connectivity index (χ3v) is 6.23. The standard InChI is InChI=1S/C17H30O3/c1-13-3-4-14(2)17(18,11-13)15-5-8-20-16(12-15)6-9-19-10-7-16/h13-15,18H,3-12H2,1-2H3. The lowest BCUT2D eigenvalue weighted by atomic mass is 9.62. The molecule has 0 radical (unpaired) electrons. The summed E-state index contributed by atoms with van der Waals surface area (Å²) in [5, 5.41) is 11.4. The molecule has 3 rings (SSSR count). The van der Waals surface area contributed by atoms with Gasteiger partial charge >= 0.3 is 0 Å². The van der Waals surface area contributed by atoms with Gasteiger partial charge in [-0.15, -0.1) is 0 Å². The number of rotatable bonds is 1. The Kier molecular flexibility index (Phi) is 4.13. The van der Waals surface area contributed by atoms with Crippen LogP contribution in [0.5, 0.6) is 0 Å². The van der Waals surface area contributed by atoms with Crippen molar-refractivity contribution < 1.29 is 14.6 Å². The Balaban J connectivity index is 1.75. The van der Waals surface area contributed by atoms with Gasteiger partial charge in [0, 0.05) is 19.8 Å². The minimum atomic E-state index is -0.466. The van der Waals surface area contributed by atoms with Crippen LogP contribution >= 0.6 is 0 Å². The van der Waals surface area contributed by atoms with Gasteiger partial charge in [0.2, 0.25) is 0 Å². The van der Waals surface area contributed by atoms with Crippen LogP contribution in [0.15, 0.2) is 0 Å². The molecule has 3 heteroatoms. The predicted molar refractivity (Wildman–Crippen MR) is 78.6 cm³/mol. The Labute approximate surface area is 123 Å². The Morgan fingerprint density at radius 2 is 1.70 bits per heavy atom. The SMILES string of the molecule is CC1CCC(C)C(O)(C2CCOC3(CCOCC3)C2)C1. The Hall–Kier alpha value is -0.120. The first kappa shape index (κ1) is 14.8. The lowest BCUT2D eigenvalue weighted by Crippen LogP contribution is -2.54. The van der Waals surface area contributed by atoms with Gasteiger partial charge in [0.05, 0.1) is 11.2 Å². The number of hydrogen-bond acceptors (Lipinski definition) is 3. The zero-order valence-electron chi connectivity index (χ0n) is 13.1. The summed E-state index contributed by atoms with van der Waals surface area (Å²) in [7, 11) is 0. The van der Waals surface area contributed by atoms with Gasteiger partial charge in [-0.1, -0.05) is 20.3 Å². The first-order valence-electron chi connectivity index (χ1n) is 8.48. The van der Waals surface area contributed by atoms with Crippen molar-refractivity contribution in [3.63, 3.8) is 0 Å². The zero-order chi connectivity index (χ0) is 14.2. The molecule has 0 amide bonds. The molecule has 0 aromatic heterocycles. The highest BCUT2D eigenvalue weighted by Crippen LogP contribution is 2.49. The molecule has 1 N–H and O–H groups in total. The summed E-state index contributed by atoms with van der Waals surface area (Å²) >= 11 is 0. The van der Waals surface area contributed by atoms with E-state index < -0.39 is 5.60 Å². The molecular weight excluding hydrogens is 252 g/mol. The van der Waals surface area contributed by atoms with Gasteiger partial charge in [0.15, 0.2) is 0 Å². The van der Waals surface area contributed by atoms with Crippen molar-refractivity contribution in [2.45, 2.75) is 70.0 Å². The van der Waals surface area contributed by atoms with E-state index in [1.54, 1.807) is 0 Å². The van der Waals surface area contributed by atoms with Gasteiger partial charge in [-0.3, -0.25) is 0 Å². The van der Waals surface area contributed by atoms with Crippen molar-refractivity contribution in [2.24, 2.45) is 17.8 Å². The van der Waals surface area contributed by atoms with Gasteiger partial charge in [-0.2, -0.15) is 0 Å². The molecule has 1 spiro atoms. The van der Waals surface area contributed by atoms with E-state index in [0.29, 0.717) is 17.8 Å². The summed E-state index contributed by atoms with van der Waals surface area (Å²) in [5.74, 6) is 1.50. The molecule has 3 aliphatic rings. The zero-order valence-corrected chi connectivity index (χ0v) is 13.1. The van der Waals surface area contributed by atoms with E-state index in [1.807, 2.05) is 0 Å². The van der Waals surface area contributed by atoms with Crippen LogP contribution in [0.4, 0.5) is 0 Å². The third kappa shape index (κ3) is 2.65. The van der Waals surface area contributed by atoms with Crippen LogP contribution in [-0.2, 0) is 9.47 Å². The highest BCUT2D eigenvalue weighted by atomic mass is 16.5. The van der Waals surface area contributed by atoms with Crippen LogP contribution < -0.4 is 0 Å². The second-order valence-corrected chi connectivity index (χ2v) is 7.61. The average molecular weight is 282 g/mol. The fraction of sp³-hybridized carbons (Fsp3) is 1.00. The Bertz CT molecular complexity index is 332. The fourth-order valence-electron chi connectivity index (χ4n) is 4.76. The van der Waals surface area contributed by atoms with E-state index in [2.05, 4.69) is 13.8 Å². The molecule has 0 bridgehead atoms. The molecule has 0 aromatic carbocycles. The summed E-state index contributed by atoms with van der Waals surface area (Å²) in [6, 6.07) is 0. The lowest BCUT2D eigenvalue weighted by Gasteiger charge is -2.52. The molecule has 1 aliphatic carbocycles. The summed E-state index contributed by atoms with van der Waals surface area (Å²) < 4.78 is 11.6. The maximum absolute atomic E-state index is 11.4. The van der Waals surface area contributed by atoms with Crippen molar-refractivity contribution >= 4 is 0 Å². The van der Waals surface area contributed by atoms with Crippen LogP contribution in [0.25, 0.3) is 0 Å². The van der Waals surface area contributed by atoms with Gasteiger partial charge in [-0.05, 0) is 56.3 Å². The molecule has 2 heterocycles. The van der Waals surface area contributed by atoms with Crippen LogP contribution in [0.2, 0.25) is 0 Å². The smallest absolute Gasteiger partial charge is 0.0730 e. The Morgan fingerprint density at radius 1 is 0.950 bits per heavy atom. The van der Waals surface area contributed by atoms with Crippen molar-refractivity contribution in [1.29, 1.82) is 0 Å². The average Bonchev–Trinajstić information content (AvgIpc) is 2.44. The van der Waals surface area contributed by atoms with Crippen LogP contribution in [-0.4, -0.2) is 36.1 Å². The van der Waals surface area contributed by atoms with Crippen molar-refractivity contribution in [3.8, 4) is 0 Å². The maximum Gasteiger partial charge on any atom is 0.0730 e. The molecule has 2 saturated heterocycles. The molecule has 2 aliphatic heterocycles. The molecule has 116 valence electrons. The van der Waals surface area contributed by atoms with E-state index in [0.717, 1.165) is 51.9 Å². The number of hydrogen-bond donors (Lipinski definition) is 1. The van der Waals surface area contributed by atoms with Gasteiger partial charge in [-0.25, -0.2) is 0 Å². The predicted octanol–water partition coefficient (Wildman–Crippen LogP) is 3.15. The fourth-order valence-corrected chi connectivity index (χ4v) is 4.76. The first-order chi connectivity index (χ1) is 9.54. The molecular formula is C17H30O3. The number of aliphatic hydroxyl groups is 1. The molecule has 1 saturated carbocycles. The monoisotopic (exact) mass is 282 g/mol. The van der Waals surface area contributed by atoms with E-state index in [9.17, 15) is 5.11 Å². The van der Waals surface area contributed by atoms with Crippen LogP contribution in [0.1, 0.15) is 58.8 Å². The largest absolute Gasteiger partial charge is 0.389 e. The summed E-state index contributed by atoms with van der Waals surface area (Å²) in [6.45, 7) is 6.99. The molecule has 3 fully saturated rings. The lowest BCUT2D eigenvalue weighted by molar-refractivity contribution is -0.193. The van der Waals surface area contributed by atoms with Crippen LogP contribution in [0, 0.1) is 17.8 Å². The minimum absolute atomic E-state index is 0.00268. The molecule has 4 atom stereocenters. The van der Waals surface area contributed by atoms with E-state index in [1.165, 1.54) is 12.8 Å². The van der Waals surface area contributed by atoms with Crippen LogP contribution in [0.3, 0.4) is 0 Å². The maximum atomic E-state index is 11.4. The number of ether oxygens (including phenoxy) is 2. The molecule has 20 heavy (non-hydrogen) atoms. The quantitative estimate of drug-likeness (QED) is 0.803. The van der Waals surface area contributed by atoms with Crippen molar-refractivity contribution in [1.82, 2.24) is 0 Å². The first-order valence-corrected chi connectivity index (χ1v) is 8.48. The van der Waals surface area contributed by atoms with Gasteiger partial charge in [0.1, 0.15) is 0 Å². The topological polar surface area (TPSA) is 38.7 Å². The normalized spacial score (nSPS) is 45.5. The summed E-state index contributed by atoms with van der Waals surface area (Å²) in [6.07, 6.45) is 7.48. The third-order valence-electron chi connectivity index (χ3n) is 6.23. The van der Waals surface area contributed by atoms with Gasteiger partial charge < -0.3 is 14.6 Å². The second kappa shape index (κ2) is 5.58. The van der Waals surface area contributed by atoms with Crippen molar-refractivity contribution in [3.05, 3.63) is 0 Å². The van der Waals surface area contributed by atoms with E-state index in [4.69, 9.17) is 9.47 Å². The van der Waals surface area contributed by atoms with E-state index >= 15 is 0 Å². The second-order valence-electron chi connectivity index (χ2n) is 7.61. The minimum Gasteiger partial charge on any atom is -0.389 e. The summed E-state index contributed by atoms with van der Waals surface area (Å²) in [4.78, 5) is 0.